The van der Waals surface area contributed by atoms with Crippen molar-refractivity contribution in [3.8, 4) is 5.75 Å². The zero-order valence-corrected chi connectivity index (χ0v) is 15.0. The Balaban J connectivity index is 2.05. The van der Waals surface area contributed by atoms with Crippen LogP contribution in [0.4, 0.5) is 13.2 Å². The molecule has 1 aromatic carbocycles. The molecule has 0 radical (unpaired) electrons. The van der Waals surface area contributed by atoms with E-state index in [1.54, 1.807) is 0 Å². The minimum absolute atomic E-state index is 0.0304. The van der Waals surface area contributed by atoms with Gasteiger partial charge in [0.15, 0.2) is 0 Å². The van der Waals surface area contributed by atoms with Crippen LogP contribution in [0.25, 0.3) is 0 Å². The van der Waals surface area contributed by atoms with Crippen LogP contribution in [0, 0.1) is 5.92 Å². The first-order valence-corrected chi connectivity index (χ1v) is 10.3. The van der Waals surface area contributed by atoms with Crippen LogP contribution >= 0.6 is 0 Å². The number of nitrogens with one attached hydrogen (secondary N) is 1. The molecule has 4 nitrogen and oxygen atoms in total. The summed E-state index contributed by atoms with van der Waals surface area (Å²) in [5, 5.41) is 3.21. The van der Waals surface area contributed by atoms with Gasteiger partial charge in [-0.2, -0.15) is 13.2 Å². The molecule has 8 heteroatoms. The fourth-order valence-corrected chi connectivity index (χ4v) is 4.41. The lowest BCUT2D eigenvalue weighted by Crippen LogP contribution is -2.31. The van der Waals surface area contributed by atoms with Crippen molar-refractivity contribution in [3.05, 3.63) is 29.8 Å². The van der Waals surface area contributed by atoms with Gasteiger partial charge in [0.1, 0.15) is 21.7 Å². The molecule has 1 heterocycles. The fourth-order valence-electron chi connectivity index (χ4n) is 2.99. The monoisotopic (exact) mass is 379 g/mol. The van der Waals surface area contributed by atoms with Gasteiger partial charge in [-0.1, -0.05) is 6.92 Å². The summed E-state index contributed by atoms with van der Waals surface area (Å²) in [6.45, 7) is 3.37. The Morgan fingerprint density at radius 2 is 1.92 bits per heavy atom. The van der Waals surface area contributed by atoms with E-state index < -0.39 is 21.6 Å². The summed E-state index contributed by atoms with van der Waals surface area (Å²) in [5.41, 5.74) is -0.732. The molecule has 1 aromatic rings. The molecule has 0 bridgehead atoms. The third kappa shape index (κ3) is 6.18. The lowest BCUT2D eigenvalue weighted by atomic mass is 9.99. The number of hydrogen-bond donors (Lipinski definition) is 1. The summed E-state index contributed by atoms with van der Waals surface area (Å²) in [7, 11) is -3.12. The van der Waals surface area contributed by atoms with Gasteiger partial charge in [-0.25, -0.2) is 8.42 Å². The third-order valence-corrected chi connectivity index (χ3v) is 6.21. The summed E-state index contributed by atoms with van der Waals surface area (Å²) in [6.07, 6.45) is -2.95. The van der Waals surface area contributed by atoms with Crippen molar-refractivity contribution in [2.24, 2.45) is 5.92 Å². The molecular weight excluding hydrogens is 355 g/mol. The molecular formula is C17H24F3NO3S. The summed E-state index contributed by atoms with van der Waals surface area (Å²) in [6, 6.07) is 4.54. The van der Waals surface area contributed by atoms with Crippen molar-refractivity contribution in [2.45, 2.75) is 38.5 Å². The molecule has 1 N–H and O–H groups in total. The van der Waals surface area contributed by atoms with Crippen molar-refractivity contribution in [2.75, 3.05) is 24.6 Å². The van der Waals surface area contributed by atoms with Gasteiger partial charge < -0.3 is 10.1 Å². The lowest BCUT2D eigenvalue weighted by Gasteiger charge is -2.24. The second-order valence-corrected chi connectivity index (χ2v) is 8.68. The number of alkyl halides is 3. The van der Waals surface area contributed by atoms with Crippen LogP contribution in [0.1, 0.15) is 31.7 Å². The number of ether oxygens (including phenoxy) is 1. The van der Waals surface area contributed by atoms with E-state index in [0.29, 0.717) is 18.6 Å². The molecule has 0 aliphatic carbocycles. The largest absolute Gasteiger partial charge is 0.490 e. The highest BCUT2D eigenvalue weighted by Crippen LogP contribution is 2.31. The second-order valence-electron chi connectivity index (χ2n) is 6.37. The average Bonchev–Trinajstić information content (AvgIpc) is 3.05. The molecule has 2 rings (SSSR count). The molecule has 142 valence electrons. The zero-order chi connectivity index (χ0) is 18.5. The minimum atomic E-state index is -4.39. The predicted molar refractivity (Wildman–Crippen MR) is 90.4 cm³/mol. The summed E-state index contributed by atoms with van der Waals surface area (Å²) >= 11 is 0. The maximum atomic E-state index is 12.6. The van der Waals surface area contributed by atoms with Crippen LogP contribution in [-0.2, 0) is 16.0 Å². The third-order valence-electron chi connectivity index (χ3n) is 4.32. The lowest BCUT2D eigenvalue weighted by molar-refractivity contribution is -0.137. The van der Waals surface area contributed by atoms with E-state index in [4.69, 9.17) is 4.74 Å². The van der Waals surface area contributed by atoms with Crippen LogP contribution in [-0.4, -0.2) is 39.1 Å². The SMILES string of the molecule is CCCS(=O)(=O)CCC(Oc1ccc(C(F)(F)F)cc1)[C@H]1CCNC1. The first kappa shape index (κ1) is 20.0. The Labute approximate surface area is 146 Å². The second kappa shape index (κ2) is 8.40. The van der Waals surface area contributed by atoms with Gasteiger partial charge >= 0.3 is 6.18 Å². The first-order valence-electron chi connectivity index (χ1n) is 8.46. The Morgan fingerprint density at radius 3 is 2.44 bits per heavy atom. The number of hydrogen-bond acceptors (Lipinski definition) is 4. The van der Waals surface area contributed by atoms with Gasteiger partial charge in [-0.15, -0.1) is 0 Å². The highest BCUT2D eigenvalue weighted by molar-refractivity contribution is 7.91. The Kier molecular flexibility index (Phi) is 6.73. The summed E-state index contributed by atoms with van der Waals surface area (Å²) < 4.78 is 67.7. The number of sulfone groups is 1. The van der Waals surface area contributed by atoms with Crippen LogP contribution < -0.4 is 10.1 Å². The van der Waals surface area contributed by atoms with Gasteiger partial charge in [-0.3, -0.25) is 0 Å². The molecule has 0 aromatic heterocycles. The normalized spacial score (nSPS) is 19.8. The molecule has 1 aliphatic rings. The number of halogens is 3. The van der Waals surface area contributed by atoms with Crippen molar-refractivity contribution >= 4 is 9.84 Å². The number of rotatable bonds is 8. The minimum Gasteiger partial charge on any atom is -0.490 e. The molecule has 1 unspecified atom stereocenters. The summed E-state index contributed by atoms with van der Waals surface area (Å²) in [5.74, 6) is 0.655. The smallest absolute Gasteiger partial charge is 0.416 e. The van der Waals surface area contributed by atoms with Gasteiger partial charge in [0.05, 0.1) is 11.3 Å². The van der Waals surface area contributed by atoms with E-state index in [9.17, 15) is 21.6 Å². The van der Waals surface area contributed by atoms with Gasteiger partial charge in [0.2, 0.25) is 0 Å². The van der Waals surface area contributed by atoms with E-state index >= 15 is 0 Å². The standard InChI is InChI=1S/C17H24F3NO3S/c1-2-10-25(22,23)11-8-16(13-7-9-21-12-13)24-15-5-3-14(4-6-15)17(18,19)20/h3-6,13,16,21H,2,7-12H2,1H3/t13-,16?/m0/s1. The Morgan fingerprint density at radius 1 is 1.24 bits per heavy atom. The predicted octanol–water partition coefficient (Wildman–Crippen LogP) is 3.28. The highest BCUT2D eigenvalue weighted by atomic mass is 32.2. The average molecular weight is 379 g/mol. The maximum Gasteiger partial charge on any atom is 0.416 e. The molecule has 1 fully saturated rings. The molecule has 0 spiro atoms. The van der Waals surface area contributed by atoms with E-state index in [0.717, 1.165) is 31.6 Å². The van der Waals surface area contributed by atoms with Crippen LogP contribution in [0.3, 0.4) is 0 Å². The van der Waals surface area contributed by atoms with Crippen LogP contribution in [0.2, 0.25) is 0 Å². The van der Waals surface area contributed by atoms with Crippen molar-refractivity contribution < 1.29 is 26.3 Å². The molecule has 0 amide bonds. The van der Waals surface area contributed by atoms with Gasteiger partial charge in [0.25, 0.3) is 0 Å². The van der Waals surface area contributed by atoms with E-state index in [2.05, 4.69) is 5.32 Å². The molecule has 1 saturated heterocycles. The molecule has 25 heavy (non-hydrogen) atoms. The van der Waals surface area contributed by atoms with Crippen molar-refractivity contribution in [1.29, 1.82) is 0 Å². The van der Waals surface area contributed by atoms with Crippen molar-refractivity contribution in [3.63, 3.8) is 0 Å². The van der Waals surface area contributed by atoms with Gasteiger partial charge in [-0.05, 0) is 50.1 Å². The zero-order valence-electron chi connectivity index (χ0n) is 14.2. The molecule has 1 aliphatic heterocycles. The maximum absolute atomic E-state index is 12.6. The van der Waals surface area contributed by atoms with Crippen LogP contribution in [0.5, 0.6) is 5.75 Å². The highest BCUT2D eigenvalue weighted by Gasteiger charge is 2.31. The van der Waals surface area contributed by atoms with E-state index in [1.807, 2.05) is 6.92 Å². The number of benzene rings is 1. The molecule has 2 atom stereocenters. The fraction of sp³-hybridized carbons (Fsp3) is 0.647. The van der Waals surface area contributed by atoms with Crippen molar-refractivity contribution in [1.82, 2.24) is 5.32 Å². The Bertz CT molecular complexity index is 638. The van der Waals surface area contributed by atoms with Gasteiger partial charge in [0, 0.05) is 18.2 Å². The first-order chi connectivity index (χ1) is 11.7. The molecule has 0 saturated carbocycles. The van der Waals surface area contributed by atoms with E-state index in [1.165, 1.54) is 12.1 Å². The Hall–Kier alpha value is -1.28. The van der Waals surface area contributed by atoms with E-state index in [-0.39, 0.29) is 23.5 Å². The summed E-state index contributed by atoms with van der Waals surface area (Å²) in [4.78, 5) is 0. The van der Waals surface area contributed by atoms with Crippen LogP contribution in [0.15, 0.2) is 24.3 Å². The topological polar surface area (TPSA) is 55.4 Å². The quantitative estimate of drug-likeness (QED) is 0.753.